The molecule has 0 unspecified atom stereocenters. The van der Waals surface area contributed by atoms with E-state index < -0.39 is 0 Å². The van der Waals surface area contributed by atoms with Crippen molar-refractivity contribution < 1.29 is 0 Å². The predicted molar refractivity (Wildman–Crippen MR) is 193 cm³/mol. The molecule has 0 nitrogen and oxygen atoms in total. The Balaban J connectivity index is 1.58. The van der Waals surface area contributed by atoms with Gasteiger partial charge in [-0.05, 0) is 75.8 Å². The molecule has 0 atom stereocenters. The zero-order valence-electron chi connectivity index (χ0n) is 23.5. The van der Waals surface area contributed by atoms with Gasteiger partial charge in [0.1, 0.15) is 0 Å². The summed E-state index contributed by atoms with van der Waals surface area (Å²) >= 11 is 14.3. The Hall–Kier alpha value is -4.88. The average Bonchev–Trinajstić information content (AvgIpc) is 3.08. The molecule has 0 fully saturated rings. The van der Waals surface area contributed by atoms with Crippen LogP contribution in [0.4, 0.5) is 0 Å². The average molecular weight is 598 g/mol. The molecule has 10 aromatic rings. The topological polar surface area (TPSA) is 0 Å². The normalized spacial score (nSPS) is 12.3. The minimum Gasteiger partial charge on any atom is -0.0830 e. The lowest BCUT2D eigenvalue weighted by molar-refractivity contribution is 1.73. The van der Waals surface area contributed by atoms with E-state index in [4.69, 9.17) is 23.2 Å². The van der Waals surface area contributed by atoms with Gasteiger partial charge >= 0.3 is 0 Å². The van der Waals surface area contributed by atoms with Gasteiger partial charge in [-0.3, -0.25) is 0 Å². The van der Waals surface area contributed by atoms with Crippen LogP contribution >= 0.6 is 23.2 Å². The Bertz CT molecular complexity index is 2790. The highest BCUT2D eigenvalue weighted by Gasteiger charge is 2.24. The van der Waals surface area contributed by atoms with E-state index in [9.17, 15) is 0 Å². The fourth-order valence-corrected chi connectivity index (χ4v) is 8.64. The molecule has 0 radical (unpaired) electrons. The summed E-state index contributed by atoms with van der Waals surface area (Å²) in [6, 6.07) is 48.1. The summed E-state index contributed by atoms with van der Waals surface area (Å²) in [5, 5.41) is 20.7. The molecule has 0 bridgehead atoms. The predicted octanol–water partition coefficient (Wildman–Crippen LogP) is 13.3. The summed E-state index contributed by atoms with van der Waals surface area (Å²) in [7, 11) is 0. The van der Waals surface area contributed by atoms with E-state index in [1.54, 1.807) is 0 Å². The third-order valence-electron chi connectivity index (χ3n) is 9.69. The summed E-state index contributed by atoms with van der Waals surface area (Å²) in [5.74, 6) is 0. The van der Waals surface area contributed by atoms with Crippen molar-refractivity contribution in [1.29, 1.82) is 0 Å². The first-order valence-corrected chi connectivity index (χ1v) is 15.7. The van der Waals surface area contributed by atoms with Gasteiger partial charge in [0, 0.05) is 21.5 Å². The van der Waals surface area contributed by atoms with Crippen molar-refractivity contribution in [2.75, 3.05) is 0 Å². The Labute approximate surface area is 263 Å². The van der Waals surface area contributed by atoms with E-state index in [0.29, 0.717) is 0 Å². The number of benzene rings is 10. The van der Waals surface area contributed by atoms with Crippen molar-refractivity contribution in [2.45, 2.75) is 0 Å². The molecule has 0 heterocycles. The van der Waals surface area contributed by atoms with Gasteiger partial charge in [-0.2, -0.15) is 0 Å². The molecule has 10 rings (SSSR count). The lowest BCUT2D eigenvalue weighted by Crippen LogP contribution is -1.95. The van der Waals surface area contributed by atoms with E-state index >= 15 is 0 Å². The van der Waals surface area contributed by atoms with Gasteiger partial charge in [0.05, 0.1) is 10.0 Å². The van der Waals surface area contributed by atoms with Crippen molar-refractivity contribution in [3.63, 3.8) is 0 Å². The van der Waals surface area contributed by atoms with E-state index in [1.807, 2.05) is 0 Å². The van der Waals surface area contributed by atoms with Crippen molar-refractivity contribution >= 4 is 109 Å². The third kappa shape index (κ3) is 3.00. The quantitative estimate of drug-likeness (QED) is 0.130. The van der Waals surface area contributed by atoms with E-state index in [1.165, 1.54) is 65.0 Å². The summed E-state index contributed by atoms with van der Waals surface area (Å²) in [6.45, 7) is 0. The highest BCUT2D eigenvalue weighted by molar-refractivity contribution is 6.50. The molecule has 204 valence electrons. The van der Waals surface area contributed by atoms with Crippen LogP contribution in [0.2, 0.25) is 10.0 Å². The molecule has 0 aliphatic carbocycles. The zero-order valence-corrected chi connectivity index (χ0v) is 25.0. The summed E-state index contributed by atoms with van der Waals surface area (Å²) in [6.07, 6.45) is 0. The smallest absolute Gasteiger partial charge is 0.0563 e. The van der Waals surface area contributed by atoms with Crippen molar-refractivity contribution in [3.8, 4) is 11.1 Å². The molecule has 0 aromatic heterocycles. The van der Waals surface area contributed by atoms with Crippen LogP contribution < -0.4 is 0 Å². The zero-order chi connectivity index (χ0) is 29.1. The SMILES string of the molecule is Clc1c2ccccc2c(-c2c3ccccc3c3c4c2cccc4c2cccc4c(Cl)c5ccccc5c3c42)c2ccccc12. The second kappa shape index (κ2) is 8.83. The number of halogens is 2. The molecular weight excluding hydrogens is 575 g/mol. The summed E-state index contributed by atoms with van der Waals surface area (Å²) < 4.78 is 0. The van der Waals surface area contributed by atoms with E-state index in [0.717, 1.165) is 42.4 Å². The van der Waals surface area contributed by atoms with Crippen LogP contribution in [0.25, 0.3) is 97.3 Å². The van der Waals surface area contributed by atoms with Gasteiger partial charge in [-0.25, -0.2) is 0 Å². The molecule has 44 heavy (non-hydrogen) atoms. The minimum absolute atomic E-state index is 0.802. The van der Waals surface area contributed by atoms with Crippen LogP contribution in [0, 0.1) is 0 Å². The molecule has 10 aromatic carbocycles. The fourth-order valence-electron chi connectivity index (χ4n) is 7.99. The number of hydrogen-bond donors (Lipinski definition) is 0. The maximum Gasteiger partial charge on any atom is 0.0563 e. The second-order valence-corrected chi connectivity index (χ2v) is 12.5. The van der Waals surface area contributed by atoms with Crippen LogP contribution in [0.3, 0.4) is 0 Å². The first-order chi connectivity index (χ1) is 21.7. The number of fused-ring (bicyclic) bond motifs is 8. The lowest BCUT2D eigenvalue weighted by atomic mass is 9.80. The van der Waals surface area contributed by atoms with Crippen LogP contribution in [0.1, 0.15) is 0 Å². The molecule has 0 N–H and O–H groups in total. The lowest BCUT2D eigenvalue weighted by Gasteiger charge is -2.23. The second-order valence-electron chi connectivity index (χ2n) is 11.8. The summed E-state index contributed by atoms with van der Waals surface area (Å²) in [4.78, 5) is 0. The fraction of sp³-hybridized carbons (Fsp3) is 0. The Morgan fingerprint density at radius 2 is 0.500 bits per heavy atom. The molecule has 0 amide bonds. The van der Waals surface area contributed by atoms with Crippen LogP contribution in [-0.2, 0) is 0 Å². The molecule has 0 saturated carbocycles. The molecule has 0 saturated heterocycles. The van der Waals surface area contributed by atoms with Crippen molar-refractivity contribution in [2.24, 2.45) is 0 Å². The first kappa shape index (κ1) is 24.6. The van der Waals surface area contributed by atoms with Crippen LogP contribution in [-0.4, -0.2) is 0 Å². The van der Waals surface area contributed by atoms with Gasteiger partial charge in [0.15, 0.2) is 0 Å². The van der Waals surface area contributed by atoms with Crippen LogP contribution in [0.5, 0.6) is 0 Å². The van der Waals surface area contributed by atoms with E-state index in [2.05, 4.69) is 133 Å². The van der Waals surface area contributed by atoms with Gasteiger partial charge in [0.2, 0.25) is 0 Å². The first-order valence-electron chi connectivity index (χ1n) is 14.9. The Morgan fingerprint density at radius 1 is 0.227 bits per heavy atom. The minimum atomic E-state index is 0.802. The molecule has 0 spiro atoms. The maximum atomic E-state index is 7.17. The van der Waals surface area contributed by atoms with Crippen LogP contribution in [0.15, 0.2) is 133 Å². The van der Waals surface area contributed by atoms with Gasteiger partial charge in [-0.1, -0.05) is 157 Å². The molecule has 0 aliphatic heterocycles. The standard InChI is InChI=1S/C42H22Cl2/c43-41-30-16-6-3-13-27(30)35(28-14-4-7-17-31(28)41)36-23-11-1-2-12-26(23)39-37-24(19-9-21-33(36)37)25-20-10-22-34-38(25)40(39)29-15-5-8-18-32(29)42(34)44/h1-22H. The third-order valence-corrected chi connectivity index (χ3v) is 10.5. The summed E-state index contributed by atoms with van der Waals surface area (Å²) in [5.41, 5.74) is 2.48. The Kier molecular flexibility index (Phi) is 4.93. The monoisotopic (exact) mass is 596 g/mol. The van der Waals surface area contributed by atoms with Gasteiger partial charge < -0.3 is 0 Å². The molecule has 0 aliphatic rings. The van der Waals surface area contributed by atoms with Gasteiger partial charge in [0.25, 0.3) is 0 Å². The van der Waals surface area contributed by atoms with Crippen molar-refractivity contribution in [3.05, 3.63) is 144 Å². The molecular formula is C42H22Cl2. The van der Waals surface area contributed by atoms with Crippen molar-refractivity contribution in [1.82, 2.24) is 0 Å². The highest BCUT2D eigenvalue weighted by Crippen LogP contribution is 2.53. The number of rotatable bonds is 1. The largest absolute Gasteiger partial charge is 0.0830 e. The molecule has 2 heteroatoms. The Morgan fingerprint density at radius 3 is 1.05 bits per heavy atom. The maximum absolute atomic E-state index is 7.17. The highest BCUT2D eigenvalue weighted by atomic mass is 35.5. The van der Waals surface area contributed by atoms with E-state index in [-0.39, 0.29) is 0 Å². The number of hydrogen-bond acceptors (Lipinski definition) is 0. The van der Waals surface area contributed by atoms with Gasteiger partial charge in [-0.15, -0.1) is 0 Å².